The van der Waals surface area contributed by atoms with Crippen LogP contribution < -0.4 is 10.5 Å². The van der Waals surface area contributed by atoms with E-state index in [0.29, 0.717) is 16.9 Å². The first-order valence-electron chi connectivity index (χ1n) is 9.16. The van der Waals surface area contributed by atoms with Gasteiger partial charge in [-0.25, -0.2) is 15.0 Å². The summed E-state index contributed by atoms with van der Waals surface area (Å²) in [6.45, 7) is 1.40. The number of hydrogen-bond donors (Lipinski definition) is 4. The highest BCUT2D eigenvalue weighted by Gasteiger charge is 2.59. The predicted molar refractivity (Wildman–Crippen MR) is 103 cm³/mol. The maximum absolute atomic E-state index is 11.1. The average molecular weight is 401 g/mol. The number of hydrogen-bond acceptors (Lipinski definition) is 9. The Bertz CT molecular complexity index is 1010. The number of rotatable bonds is 5. The lowest BCUT2D eigenvalue weighted by atomic mass is 9.85. The lowest BCUT2D eigenvalue weighted by Crippen LogP contribution is -2.49. The van der Waals surface area contributed by atoms with Gasteiger partial charge in [-0.1, -0.05) is 19.1 Å². The summed E-state index contributed by atoms with van der Waals surface area (Å²) < 4.78 is 12.9. The highest BCUT2D eigenvalue weighted by molar-refractivity contribution is 5.81. The molecule has 1 fully saturated rings. The number of anilines is 1. The minimum absolute atomic E-state index is 0.188. The van der Waals surface area contributed by atoms with Crippen molar-refractivity contribution in [2.75, 3.05) is 19.5 Å². The third-order valence-electron chi connectivity index (χ3n) is 5.62. The molecule has 0 spiro atoms. The molecular weight excluding hydrogens is 378 g/mol. The SMILES string of the molecule is COc1ccc(C(C)[C@@]2(n3cnc4c(N)ncnc43)O[C@H](CO)[C@@H](O)[C@H]2O)cc1. The van der Waals surface area contributed by atoms with E-state index in [1.54, 1.807) is 23.8 Å². The number of methoxy groups -OCH3 is 1. The van der Waals surface area contributed by atoms with Gasteiger partial charge in [0, 0.05) is 5.92 Å². The van der Waals surface area contributed by atoms with Gasteiger partial charge in [-0.2, -0.15) is 0 Å². The Morgan fingerprint density at radius 2 is 1.97 bits per heavy atom. The van der Waals surface area contributed by atoms with E-state index in [2.05, 4.69) is 15.0 Å². The molecule has 3 heterocycles. The second kappa shape index (κ2) is 7.23. The summed E-state index contributed by atoms with van der Waals surface area (Å²) in [5, 5.41) is 31.3. The molecular formula is C19H23N5O5. The van der Waals surface area contributed by atoms with Crippen LogP contribution in [0.5, 0.6) is 5.75 Å². The summed E-state index contributed by atoms with van der Waals surface area (Å²) >= 11 is 0. The summed E-state index contributed by atoms with van der Waals surface area (Å²) in [7, 11) is 1.58. The molecule has 10 heteroatoms. The Balaban J connectivity index is 1.91. The number of nitrogens with two attached hydrogens (primary N) is 1. The zero-order chi connectivity index (χ0) is 20.8. The summed E-state index contributed by atoms with van der Waals surface area (Å²) in [6.07, 6.45) is -0.918. The lowest BCUT2D eigenvalue weighted by Gasteiger charge is -2.39. The first-order chi connectivity index (χ1) is 13.9. The molecule has 3 aromatic rings. The monoisotopic (exact) mass is 401 g/mol. The van der Waals surface area contributed by atoms with Crippen LogP contribution >= 0.6 is 0 Å². The van der Waals surface area contributed by atoms with E-state index in [9.17, 15) is 15.3 Å². The molecule has 0 aliphatic carbocycles. The molecule has 0 radical (unpaired) electrons. The van der Waals surface area contributed by atoms with Gasteiger partial charge in [0.25, 0.3) is 0 Å². The smallest absolute Gasteiger partial charge is 0.183 e. The van der Waals surface area contributed by atoms with Crippen molar-refractivity contribution in [3.05, 3.63) is 42.5 Å². The molecule has 2 aromatic heterocycles. The average Bonchev–Trinajstić information content (AvgIpc) is 3.29. The van der Waals surface area contributed by atoms with Gasteiger partial charge in [-0.05, 0) is 17.7 Å². The summed E-state index contributed by atoms with van der Waals surface area (Å²) in [5.74, 6) is 0.403. The van der Waals surface area contributed by atoms with Gasteiger partial charge in [0.15, 0.2) is 17.2 Å². The van der Waals surface area contributed by atoms with E-state index in [-0.39, 0.29) is 5.82 Å². The van der Waals surface area contributed by atoms with E-state index in [4.69, 9.17) is 15.2 Å². The molecule has 10 nitrogen and oxygen atoms in total. The highest BCUT2D eigenvalue weighted by Crippen LogP contribution is 2.47. The highest BCUT2D eigenvalue weighted by atomic mass is 16.6. The molecule has 1 saturated heterocycles. The largest absolute Gasteiger partial charge is 0.497 e. The number of fused-ring (bicyclic) bond motifs is 1. The van der Waals surface area contributed by atoms with E-state index >= 15 is 0 Å². The molecule has 29 heavy (non-hydrogen) atoms. The fraction of sp³-hybridized carbons (Fsp3) is 0.421. The Labute approximate surface area is 166 Å². The topological polar surface area (TPSA) is 149 Å². The Hall–Kier alpha value is -2.79. The maximum atomic E-state index is 11.1. The number of aliphatic hydroxyl groups excluding tert-OH is 3. The van der Waals surface area contributed by atoms with Crippen molar-refractivity contribution in [2.45, 2.75) is 36.9 Å². The van der Waals surface area contributed by atoms with Crippen LogP contribution in [0.25, 0.3) is 11.2 Å². The first-order valence-corrected chi connectivity index (χ1v) is 9.16. The third-order valence-corrected chi connectivity index (χ3v) is 5.62. The standard InChI is InChI=1S/C19H23N5O5/c1-10(11-3-5-12(28-2)6-4-11)19(16(27)15(26)13(7-25)29-19)24-9-23-14-17(20)21-8-22-18(14)24/h3-6,8-10,13,15-16,25-27H,7H2,1-2H3,(H2,20,21,22)/t10?,13-,15-,16-,19-/m1/s1. The maximum Gasteiger partial charge on any atom is 0.183 e. The minimum atomic E-state index is -1.49. The molecule has 1 aliphatic heterocycles. The van der Waals surface area contributed by atoms with Crippen molar-refractivity contribution < 1.29 is 24.8 Å². The summed E-state index contributed by atoms with van der Waals surface area (Å²) in [6, 6.07) is 7.30. The fourth-order valence-electron chi connectivity index (χ4n) is 3.98. The van der Waals surface area contributed by atoms with Crippen molar-refractivity contribution in [1.82, 2.24) is 19.5 Å². The van der Waals surface area contributed by atoms with Gasteiger partial charge < -0.3 is 30.5 Å². The van der Waals surface area contributed by atoms with Crippen LogP contribution in [-0.4, -0.2) is 66.9 Å². The van der Waals surface area contributed by atoms with Crippen molar-refractivity contribution >= 4 is 17.0 Å². The number of nitrogens with zero attached hydrogens (tertiary/aromatic N) is 4. The van der Waals surface area contributed by atoms with Gasteiger partial charge in [0.05, 0.1) is 20.0 Å². The quantitative estimate of drug-likeness (QED) is 0.463. The first kappa shape index (κ1) is 19.5. The molecule has 5 N–H and O–H groups in total. The number of benzene rings is 1. The zero-order valence-electron chi connectivity index (χ0n) is 16.0. The minimum Gasteiger partial charge on any atom is -0.497 e. The normalized spacial score (nSPS) is 28.0. The van der Waals surface area contributed by atoms with Gasteiger partial charge in [-0.15, -0.1) is 0 Å². The lowest BCUT2D eigenvalue weighted by molar-refractivity contribution is -0.159. The Morgan fingerprint density at radius 3 is 2.59 bits per heavy atom. The van der Waals surface area contributed by atoms with Crippen LogP contribution in [0.2, 0.25) is 0 Å². The van der Waals surface area contributed by atoms with Gasteiger partial charge >= 0.3 is 0 Å². The van der Waals surface area contributed by atoms with Crippen molar-refractivity contribution in [3.8, 4) is 5.75 Å². The third kappa shape index (κ3) is 2.84. The van der Waals surface area contributed by atoms with Crippen molar-refractivity contribution in [2.24, 2.45) is 0 Å². The van der Waals surface area contributed by atoms with Gasteiger partial charge in [-0.3, -0.25) is 4.57 Å². The molecule has 1 aromatic carbocycles. The number of ether oxygens (including phenoxy) is 2. The number of aliphatic hydroxyl groups is 3. The van der Waals surface area contributed by atoms with Crippen LogP contribution in [0.3, 0.4) is 0 Å². The van der Waals surface area contributed by atoms with E-state index in [0.717, 1.165) is 5.56 Å². The van der Waals surface area contributed by atoms with Crippen LogP contribution in [0.1, 0.15) is 18.4 Å². The molecule has 1 aliphatic rings. The van der Waals surface area contributed by atoms with Crippen LogP contribution in [0, 0.1) is 0 Å². The van der Waals surface area contributed by atoms with E-state index in [1.165, 1.54) is 12.7 Å². The molecule has 1 unspecified atom stereocenters. The predicted octanol–water partition coefficient (Wildman–Crippen LogP) is -0.0135. The molecule has 5 atom stereocenters. The zero-order valence-corrected chi connectivity index (χ0v) is 16.0. The second-order valence-corrected chi connectivity index (χ2v) is 7.07. The number of nitrogen functional groups attached to an aromatic ring is 1. The summed E-state index contributed by atoms with van der Waals surface area (Å²) in [5.41, 5.74) is 5.95. The molecule has 4 rings (SSSR count). The molecule has 0 saturated carbocycles. The molecule has 154 valence electrons. The Kier molecular flexibility index (Phi) is 4.87. The second-order valence-electron chi connectivity index (χ2n) is 7.07. The van der Waals surface area contributed by atoms with Gasteiger partial charge in [0.2, 0.25) is 0 Å². The van der Waals surface area contributed by atoms with E-state index in [1.807, 2.05) is 19.1 Å². The summed E-state index contributed by atoms with van der Waals surface area (Å²) in [4.78, 5) is 12.5. The Morgan fingerprint density at radius 1 is 1.24 bits per heavy atom. The number of imidazole rings is 1. The fourth-order valence-corrected chi connectivity index (χ4v) is 3.98. The molecule has 0 amide bonds. The van der Waals surface area contributed by atoms with E-state index < -0.39 is 36.6 Å². The van der Waals surface area contributed by atoms with Gasteiger partial charge in [0.1, 0.15) is 35.9 Å². The molecule has 0 bridgehead atoms. The van der Waals surface area contributed by atoms with Crippen LogP contribution in [0.4, 0.5) is 5.82 Å². The van der Waals surface area contributed by atoms with Crippen LogP contribution in [-0.2, 0) is 10.5 Å². The van der Waals surface area contributed by atoms with Crippen molar-refractivity contribution in [1.29, 1.82) is 0 Å². The number of aromatic nitrogens is 4. The van der Waals surface area contributed by atoms with Crippen LogP contribution in [0.15, 0.2) is 36.9 Å². The van der Waals surface area contributed by atoms with Crippen molar-refractivity contribution in [3.63, 3.8) is 0 Å².